The summed E-state index contributed by atoms with van der Waals surface area (Å²) in [6.07, 6.45) is 1.53. The second-order valence-corrected chi connectivity index (χ2v) is 8.07. The van der Waals surface area contributed by atoms with Crippen molar-refractivity contribution in [1.29, 1.82) is 0 Å². The first-order valence-corrected chi connectivity index (χ1v) is 10.6. The Labute approximate surface area is 184 Å². The van der Waals surface area contributed by atoms with Gasteiger partial charge in [0.2, 0.25) is 5.91 Å². The van der Waals surface area contributed by atoms with Gasteiger partial charge in [-0.15, -0.1) is 0 Å². The first kappa shape index (κ1) is 20.2. The van der Waals surface area contributed by atoms with Gasteiger partial charge in [-0.2, -0.15) is 0 Å². The molecule has 0 spiro atoms. The van der Waals surface area contributed by atoms with Crippen molar-refractivity contribution >= 4 is 17.7 Å². The van der Waals surface area contributed by atoms with Gasteiger partial charge in [0.15, 0.2) is 5.76 Å². The van der Waals surface area contributed by atoms with Crippen LogP contribution >= 0.6 is 0 Å². The van der Waals surface area contributed by atoms with Crippen LogP contribution in [-0.2, 0) is 22.4 Å². The average molecular weight is 435 g/mol. The first-order chi connectivity index (χ1) is 15.5. The van der Waals surface area contributed by atoms with Crippen LogP contribution in [-0.4, -0.2) is 36.4 Å². The van der Waals surface area contributed by atoms with E-state index in [1.165, 1.54) is 13.0 Å². The highest BCUT2D eigenvalue weighted by Gasteiger charge is 2.33. The minimum absolute atomic E-state index is 0.165. The van der Waals surface area contributed by atoms with E-state index >= 15 is 0 Å². The lowest BCUT2D eigenvalue weighted by Gasteiger charge is -2.15. The number of nitrogens with one attached hydrogen (secondary N) is 1. The van der Waals surface area contributed by atoms with E-state index < -0.39 is 12.2 Å². The molecule has 2 amide bonds. The Kier molecular flexibility index (Phi) is 5.13. The van der Waals surface area contributed by atoms with Gasteiger partial charge in [0.25, 0.3) is 0 Å². The SMILES string of the molecule is CC(=O)NC[C@H]1CN(c2ccc3c(c2)CCCc2c(-c4ccccc4F)noc2-3)C(=O)O1. The molecule has 1 atom stereocenters. The van der Waals surface area contributed by atoms with Crippen molar-refractivity contribution < 1.29 is 23.2 Å². The molecule has 2 aromatic carbocycles. The van der Waals surface area contributed by atoms with Crippen molar-refractivity contribution in [2.75, 3.05) is 18.0 Å². The number of carbonyl (C=O) groups is 2. The predicted octanol–water partition coefficient (Wildman–Crippen LogP) is 4.10. The smallest absolute Gasteiger partial charge is 0.414 e. The number of halogens is 1. The Hall–Kier alpha value is -3.68. The Bertz CT molecular complexity index is 1210. The number of hydrogen-bond donors (Lipinski definition) is 1. The van der Waals surface area contributed by atoms with Crippen molar-refractivity contribution in [3.63, 3.8) is 0 Å². The van der Waals surface area contributed by atoms with E-state index in [4.69, 9.17) is 9.26 Å². The van der Waals surface area contributed by atoms with Crippen LogP contribution in [0.1, 0.15) is 24.5 Å². The van der Waals surface area contributed by atoms with Gasteiger partial charge in [-0.05, 0) is 55.2 Å². The van der Waals surface area contributed by atoms with E-state index in [1.54, 1.807) is 23.1 Å². The van der Waals surface area contributed by atoms with Gasteiger partial charge < -0.3 is 14.6 Å². The number of carbonyl (C=O) groups excluding carboxylic acids is 2. The molecule has 1 N–H and O–H groups in total. The van der Waals surface area contributed by atoms with Crippen molar-refractivity contribution in [1.82, 2.24) is 10.5 Å². The van der Waals surface area contributed by atoms with E-state index in [0.717, 1.165) is 41.6 Å². The summed E-state index contributed by atoms with van der Waals surface area (Å²) < 4.78 is 25.4. The maximum Gasteiger partial charge on any atom is 0.414 e. The molecule has 7 nitrogen and oxygen atoms in total. The molecule has 2 heterocycles. The summed E-state index contributed by atoms with van der Waals surface area (Å²) in [4.78, 5) is 25.1. The summed E-state index contributed by atoms with van der Waals surface area (Å²) in [6, 6.07) is 12.3. The number of benzene rings is 2. The lowest BCUT2D eigenvalue weighted by molar-refractivity contribution is -0.119. The number of anilines is 1. The van der Waals surface area contributed by atoms with Crippen molar-refractivity contribution in [3.8, 4) is 22.6 Å². The van der Waals surface area contributed by atoms with Crippen molar-refractivity contribution in [2.45, 2.75) is 32.3 Å². The van der Waals surface area contributed by atoms with E-state index in [1.807, 2.05) is 18.2 Å². The topological polar surface area (TPSA) is 84.7 Å². The molecule has 0 bridgehead atoms. The summed E-state index contributed by atoms with van der Waals surface area (Å²) in [5.41, 5.74) is 4.55. The molecule has 0 radical (unpaired) electrons. The second-order valence-electron chi connectivity index (χ2n) is 8.07. The van der Waals surface area contributed by atoms with E-state index in [2.05, 4.69) is 10.5 Å². The van der Waals surface area contributed by atoms with Crippen molar-refractivity contribution in [3.05, 3.63) is 59.4 Å². The average Bonchev–Trinajstić information content (AvgIpc) is 3.31. The Morgan fingerprint density at radius 2 is 2.06 bits per heavy atom. The highest BCUT2D eigenvalue weighted by molar-refractivity contribution is 5.90. The van der Waals surface area contributed by atoms with Crippen molar-refractivity contribution in [2.24, 2.45) is 0 Å². The molecule has 164 valence electrons. The zero-order chi connectivity index (χ0) is 22.2. The zero-order valence-electron chi connectivity index (χ0n) is 17.6. The Morgan fingerprint density at radius 1 is 1.22 bits per heavy atom. The number of aryl methyl sites for hydroxylation is 1. The number of amides is 2. The minimum Gasteiger partial charge on any atom is -0.442 e. The molecule has 0 saturated carbocycles. The third-order valence-electron chi connectivity index (χ3n) is 5.89. The zero-order valence-corrected chi connectivity index (χ0v) is 17.6. The largest absolute Gasteiger partial charge is 0.442 e. The Morgan fingerprint density at radius 3 is 2.88 bits per heavy atom. The lowest BCUT2D eigenvalue weighted by atomic mass is 9.99. The Balaban J connectivity index is 1.45. The molecular formula is C24H22FN3O4. The summed E-state index contributed by atoms with van der Waals surface area (Å²) in [6.45, 7) is 2.07. The standard InChI is InChI=1S/C24H22FN3O4/c1-14(29)26-12-17-13-28(24(30)31-17)16-9-10-18-15(11-16)5-4-7-20-22(27-32-23(18)20)19-6-2-3-8-21(19)25/h2-3,6,8-11,17H,4-5,7,12-13H2,1H3,(H,26,29)/t17-/m0/s1. The van der Waals surface area contributed by atoms with Crippen LogP contribution < -0.4 is 10.2 Å². The molecule has 1 saturated heterocycles. The van der Waals surface area contributed by atoms with Crippen LogP contribution in [0.4, 0.5) is 14.9 Å². The fraction of sp³-hybridized carbons (Fsp3) is 0.292. The minimum atomic E-state index is -0.434. The van der Waals surface area contributed by atoms with Gasteiger partial charge in [0.1, 0.15) is 17.6 Å². The van der Waals surface area contributed by atoms with Crippen LogP contribution in [0.3, 0.4) is 0 Å². The molecule has 0 unspecified atom stereocenters. The number of cyclic esters (lactones) is 1. The summed E-state index contributed by atoms with van der Waals surface area (Å²) >= 11 is 0. The monoisotopic (exact) mass is 435 g/mol. The van der Waals surface area contributed by atoms with Crippen LogP contribution in [0.15, 0.2) is 47.0 Å². The molecule has 2 aliphatic rings. The number of fused-ring (bicyclic) bond motifs is 3. The van der Waals surface area contributed by atoms with E-state index in [-0.39, 0.29) is 18.3 Å². The van der Waals surface area contributed by atoms with Gasteiger partial charge >= 0.3 is 6.09 Å². The molecule has 1 aliphatic heterocycles. The predicted molar refractivity (Wildman–Crippen MR) is 116 cm³/mol. The highest BCUT2D eigenvalue weighted by Crippen LogP contribution is 2.40. The number of aromatic nitrogens is 1. The highest BCUT2D eigenvalue weighted by atomic mass is 19.1. The van der Waals surface area contributed by atoms with E-state index in [9.17, 15) is 14.0 Å². The maximum atomic E-state index is 14.4. The van der Waals surface area contributed by atoms with Gasteiger partial charge in [0.05, 0.1) is 13.1 Å². The molecule has 8 heteroatoms. The summed E-state index contributed by atoms with van der Waals surface area (Å²) in [5.74, 6) is 0.154. The summed E-state index contributed by atoms with van der Waals surface area (Å²) in [5, 5.41) is 6.87. The molecule has 1 aromatic heterocycles. The summed E-state index contributed by atoms with van der Waals surface area (Å²) in [7, 11) is 0. The third-order valence-corrected chi connectivity index (χ3v) is 5.89. The fourth-order valence-corrected chi connectivity index (χ4v) is 4.35. The van der Waals surface area contributed by atoms with Gasteiger partial charge in [0, 0.05) is 29.3 Å². The molecule has 5 rings (SSSR count). The number of hydrogen-bond acceptors (Lipinski definition) is 5. The van der Waals surface area contributed by atoms with Crippen LogP contribution in [0.2, 0.25) is 0 Å². The maximum absolute atomic E-state index is 14.4. The fourth-order valence-electron chi connectivity index (χ4n) is 4.35. The third kappa shape index (κ3) is 3.62. The molecule has 1 fully saturated rings. The normalized spacial score (nSPS) is 17.4. The molecule has 3 aromatic rings. The lowest BCUT2D eigenvalue weighted by Crippen LogP contribution is -2.33. The number of rotatable bonds is 4. The molecule has 32 heavy (non-hydrogen) atoms. The molecular weight excluding hydrogens is 413 g/mol. The molecule has 1 aliphatic carbocycles. The van der Waals surface area contributed by atoms with Gasteiger partial charge in [-0.25, -0.2) is 9.18 Å². The van der Waals surface area contributed by atoms with E-state index in [0.29, 0.717) is 23.6 Å². The van der Waals surface area contributed by atoms with Crippen LogP contribution in [0, 0.1) is 5.82 Å². The van der Waals surface area contributed by atoms with Gasteiger partial charge in [-0.1, -0.05) is 17.3 Å². The quantitative estimate of drug-likeness (QED) is 0.667. The van der Waals surface area contributed by atoms with Gasteiger partial charge in [-0.3, -0.25) is 9.69 Å². The van der Waals surface area contributed by atoms with Crippen LogP contribution in [0.25, 0.3) is 22.6 Å². The second kappa shape index (κ2) is 8.11. The number of nitrogens with zero attached hydrogens (tertiary/aromatic N) is 2. The number of ether oxygens (including phenoxy) is 1. The van der Waals surface area contributed by atoms with Crippen LogP contribution in [0.5, 0.6) is 0 Å². The first-order valence-electron chi connectivity index (χ1n) is 10.6.